The highest BCUT2D eigenvalue weighted by molar-refractivity contribution is 5.53. The molecular weight excluding hydrogens is 206 g/mol. The minimum absolute atomic E-state index is 0.154. The van der Waals surface area contributed by atoms with Crippen molar-refractivity contribution in [2.24, 2.45) is 7.05 Å². The number of nitrogens with zero attached hydrogens (tertiary/aromatic N) is 3. The fourth-order valence-corrected chi connectivity index (χ4v) is 1.37. The molecule has 16 heavy (non-hydrogen) atoms. The highest BCUT2D eigenvalue weighted by Gasteiger charge is 2.01. The van der Waals surface area contributed by atoms with Gasteiger partial charge in [-0.05, 0) is 0 Å². The van der Waals surface area contributed by atoms with Gasteiger partial charge in [0.15, 0.2) is 0 Å². The van der Waals surface area contributed by atoms with Crippen molar-refractivity contribution >= 4 is 11.5 Å². The van der Waals surface area contributed by atoms with E-state index in [1.165, 1.54) is 6.07 Å². The molecule has 0 aliphatic rings. The van der Waals surface area contributed by atoms with Crippen LogP contribution in [0.4, 0.5) is 11.5 Å². The number of rotatable bonds is 3. The first-order valence-corrected chi connectivity index (χ1v) is 5.03. The Bertz CT molecular complexity index is 542. The van der Waals surface area contributed by atoms with Crippen LogP contribution in [0.2, 0.25) is 0 Å². The molecule has 0 aliphatic carbocycles. The van der Waals surface area contributed by atoms with Gasteiger partial charge >= 0.3 is 0 Å². The molecule has 0 aliphatic heterocycles. The molecule has 0 amide bonds. The maximum absolute atomic E-state index is 11.3. The average Bonchev–Trinajstić information content (AvgIpc) is 2.63. The molecule has 2 aromatic heterocycles. The van der Waals surface area contributed by atoms with Crippen LogP contribution in [0.15, 0.2) is 23.3 Å². The molecule has 2 N–H and O–H groups in total. The molecule has 0 atom stereocenters. The molecule has 0 fully saturated rings. The van der Waals surface area contributed by atoms with Crippen molar-refractivity contribution in [3.05, 3.63) is 34.6 Å². The lowest BCUT2D eigenvalue weighted by Gasteiger charge is -2.03. The Morgan fingerprint density at radius 1 is 1.56 bits per heavy atom. The highest BCUT2D eigenvalue weighted by atomic mass is 16.1. The Kier molecular flexibility index (Phi) is 2.72. The van der Waals surface area contributed by atoms with Crippen LogP contribution in [0.5, 0.6) is 0 Å². The van der Waals surface area contributed by atoms with Gasteiger partial charge in [0.25, 0.3) is 5.56 Å². The van der Waals surface area contributed by atoms with Crippen molar-refractivity contribution in [2.75, 3.05) is 5.32 Å². The maximum atomic E-state index is 11.3. The molecule has 84 valence electrons. The van der Waals surface area contributed by atoms with Gasteiger partial charge in [0, 0.05) is 25.7 Å². The smallest absolute Gasteiger partial charge is 0.252 e. The summed E-state index contributed by atoms with van der Waals surface area (Å²) in [6.45, 7) is 1.94. The average molecular weight is 219 g/mol. The van der Waals surface area contributed by atoms with Crippen molar-refractivity contribution in [2.45, 2.75) is 13.3 Å². The second-order valence-corrected chi connectivity index (χ2v) is 3.46. The molecule has 2 aromatic rings. The summed E-state index contributed by atoms with van der Waals surface area (Å²) < 4.78 is 1.68. The van der Waals surface area contributed by atoms with Gasteiger partial charge < -0.3 is 10.3 Å². The highest BCUT2D eigenvalue weighted by Crippen LogP contribution is 2.11. The number of H-pyrrole nitrogens is 1. The molecular formula is C10H13N5O. The molecule has 2 rings (SSSR count). The molecule has 6 nitrogen and oxygen atoms in total. The van der Waals surface area contributed by atoms with Gasteiger partial charge in [-0.25, -0.2) is 4.98 Å². The van der Waals surface area contributed by atoms with Crippen LogP contribution in [0.3, 0.4) is 0 Å². The van der Waals surface area contributed by atoms with Gasteiger partial charge in [0.1, 0.15) is 11.6 Å². The van der Waals surface area contributed by atoms with Crippen LogP contribution in [0.1, 0.15) is 12.7 Å². The second kappa shape index (κ2) is 4.18. The van der Waals surface area contributed by atoms with Gasteiger partial charge in [-0.3, -0.25) is 9.48 Å². The summed E-state index contributed by atoms with van der Waals surface area (Å²) in [6, 6.07) is 1.42. The Balaban J connectivity index is 2.27. The first-order chi connectivity index (χ1) is 7.67. The monoisotopic (exact) mass is 219 g/mol. The first kappa shape index (κ1) is 10.4. The van der Waals surface area contributed by atoms with E-state index >= 15 is 0 Å². The summed E-state index contributed by atoms with van der Waals surface area (Å²) in [4.78, 5) is 18.2. The summed E-state index contributed by atoms with van der Waals surface area (Å²) in [7, 11) is 1.83. The van der Waals surface area contributed by atoms with E-state index < -0.39 is 0 Å². The van der Waals surface area contributed by atoms with E-state index in [9.17, 15) is 4.79 Å². The van der Waals surface area contributed by atoms with Crippen LogP contribution in [-0.4, -0.2) is 19.7 Å². The van der Waals surface area contributed by atoms with Crippen molar-refractivity contribution in [1.29, 1.82) is 0 Å². The third kappa shape index (κ3) is 2.28. The van der Waals surface area contributed by atoms with E-state index in [-0.39, 0.29) is 5.56 Å². The van der Waals surface area contributed by atoms with Gasteiger partial charge in [-0.2, -0.15) is 5.10 Å². The zero-order chi connectivity index (χ0) is 11.5. The van der Waals surface area contributed by atoms with Crippen LogP contribution < -0.4 is 10.9 Å². The summed E-state index contributed by atoms with van der Waals surface area (Å²) >= 11 is 0. The SMILES string of the molecule is CCc1nc(Nc2cnn(C)c2)cc(=O)[nH]1. The lowest BCUT2D eigenvalue weighted by molar-refractivity contribution is 0.768. The van der Waals surface area contributed by atoms with Crippen LogP contribution in [0, 0.1) is 0 Å². The molecule has 0 saturated carbocycles. The van der Waals surface area contributed by atoms with Crippen molar-refractivity contribution in [1.82, 2.24) is 19.7 Å². The number of aromatic nitrogens is 4. The number of hydrogen-bond donors (Lipinski definition) is 2. The van der Waals surface area contributed by atoms with E-state index in [2.05, 4.69) is 20.4 Å². The van der Waals surface area contributed by atoms with Gasteiger partial charge in [0.2, 0.25) is 0 Å². The summed E-state index contributed by atoms with van der Waals surface area (Å²) in [5.74, 6) is 1.20. The summed E-state index contributed by atoms with van der Waals surface area (Å²) in [5.41, 5.74) is 0.654. The molecule has 0 radical (unpaired) electrons. The largest absolute Gasteiger partial charge is 0.337 e. The lowest BCUT2D eigenvalue weighted by atomic mass is 10.4. The van der Waals surface area contributed by atoms with E-state index in [0.29, 0.717) is 18.1 Å². The molecule has 0 aromatic carbocycles. The number of hydrogen-bond acceptors (Lipinski definition) is 4. The standard InChI is InChI=1S/C10H13N5O/c1-3-8-13-9(4-10(16)14-8)12-7-5-11-15(2)6-7/h4-6H,3H2,1-2H3,(H2,12,13,14,16). The summed E-state index contributed by atoms with van der Waals surface area (Å²) in [5, 5.41) is 7.04. The van der Waals surface area contributed by atoms with Gasteiger partial charge in [0.05, 0.1) is 11.9 Å². The first-order valence-electron chi connectivity index (χ1n) is 5.03. The maximum Gasteiger partial charge on any atom is 0.252 e. The van der Waals surface area contributed by atoms with E-state index in [4.69, 9.17) is 0 Å². The second-order valence-electron chi connectivity index (χ2n) is 3.46. The van der Waals surface area contributed by atoms with Gasteiger partial charge in [-0.1, -0.05) is 6.92 Å². The number of aryl methyl sites for hydroxylation is 2. The number of nitrogens with one attached hydrogen (secondary N) is 2. The fraction of sp³-hybridized carbons (Fsp3) is 0.300. The van der Waals surface area contributed by atoms with Crippen LogP contribution >= 0.6 is 0 Å². The minimum Gasteiger partial charge on any atom is -0.337 e. The summed E-state index contributed by atoms with van der Waals surface area (Å²) in [6.07, 6.45) is 4.18. The number of anilines is 2. The Morgan fingerprint density at radius 2 is 2.38 bits per heavy atom. The van der Waals surface area contributed by atoms with Crippen molar-refractivity contribution in [3.8, 4) is 0 Å². The Morgan fingerprint density at radius 3 is 3.00 bits per heavy atom. The predicted octanol–water partition coefficient (Wildman–Crippen LogP) is 0.809. The lowest BCUT2D eigenvalue weighted by Crippen LogP contribution is -2.11. The quantitative estimate of drug-likeness (QED) is 0.801. The van der Waals surface area contributed by atoms with Crippen LogP contribution in [-0.2, 0) is 13.5 Å². The van der Waals surface area contributed by atoms with Gasteiger partial charge in [-0.15, -0.1) is 0 Å². The Hall–Kier alpha value is -2.11. The van der Waals surface area contributed by atoms with E-state index in [1.807, 2.05) is 20.2 Å². The van der Waals surface area contributed by atoms with Crippen molar-refractivity contribution < 1.29 is 0 Å². The Labute approximate surface area is 92.3 Å². The zero-order valence-corrected chi connectivity index (χ0v) is 9.19. The molecule has 0 saturated heterocycles. The molecule has 0 spiro atoms. The predicted molar refractivity (Wildman–Crippen MR) is 60.7 cm³/mol. The normalized spacial score (nSPS) is 10.4. The van der Waals surface area contributed by atoms with E-state index in [1.54, 1.807) is 10.9 Å². The molecule has 6 heteroatoms. The molecule has 2 heterocycles. The number of aromatic amines is 1. The third-order valence-electron chi connectivity index (χ3n) is 2.10. The zero-order valence-electron chi connectivity index (χ0n) is 9.19. The fourth-order valence-electron chi connectivity index (χ4n) is 1.37. The van der Waals surface area contributed by atoms with Crippen molar-refractivity contribution in [3.63, 3.8) is 0 Å². The minimum atomic E-state index is -0.154. The third-order valence-corrected chi connectivity index (χ3v) is 2.10. The van der Waals surface area contributed by atoms with E-state index in [0.717, 1.165) is 5.69 Å². The molecule has 0 unspecified atom stereocenters. The topological polar surface area (TPSA) is 75.6 Å². The molecule has 0 bridgehead atoms. The van der Waals surface area contributed by atoms with Crippen LogP contribution in [0.25, 0.3) is 0 Å².